The molecule has 0 aromatic heterocycles. The highest BCUT2D eigenvalue weighted by Crippen LogP contribution is 2.67. The molecule has 0 amide bonds. The first kappa shape index (κ1) is 25.6. The van der Waals surface area contributed by atoms with Crippen LogP contribution in [-0.2, 0) is 19.1 Å². The lowest BCUT2D eigenvalue weighted by atomic mass is 9.50. The third-order valence-electron chi connectivity index (χ3n) is 10.8. The van der Waals surface area contributed by atoms with E-state index < -0.39 is 11.0 Å². The summed E-state index contributed by atoms with van der Waals surface area (Å²) in [6.45, 7) is 7.51. The summed E-state index contributed by atoms with van der Waals surface area (Å²) >= 11 is 0. The lowest BCUT2D eigenvalue weighted by Gasteiger charge is -2.55. The molecule has 6 rings (SSSR count). The Balaban J connectivity index is 1.46. The quantitative estimate of drug-likeness (QED) is 0.430. The highest BCUT2D eigenvalue weighted by molar-refractivity contribution is 5.93. The SMILES string of the molecule is CC(=O)O[C@]1(C(C)=O)CCC2C3CCC4=CC(=O)CCC4=C3[C@@H](c3ccc(N4CCCCC4)cc3)C[C@@]21C. The van der Waals surface area contributed by atoms with Gasteiger partial charge in [0.2, 0.25) is 0 Å². The zero-order valence-corrected chi connectivity index (χ0v) is 23.2. The Bertz CT molecular complexity index is 1220. The number of nitrogens with zero attached hydrogens (tertiary/aromatic N) is 1. The van der Waals surface area contributed by atoms with Gasteiger partial charge in [-0.25, -0.2) is 0 Å². The maximum atomic E-state index is 13.3. The van der Waals surface area contributed by atoms with Crippen LogP contribution in [0.3, 0.4) is 0 Å². The molecule has 1 aliphatic heterocycles. The molecule has 0 bridgehead atoms. The Hall–Kier alpha value is -2.69. The smallest absolute Gasteiger partial charge is 0.303 e. The minimum atomic E-state index is -1.07. The number of benzene rings is 1. The summed E-state index contributed by atoms with van der Waals surface area (Å²) in [6.07, 6.45) is 11.3. The summed E-state index contributed by atoms with van der Waals surface area (Å²) in [5.74, 6) is 0.642. The molecule has 38 heavy (non-hydrogen) atoms. The molecule has 5 atom stereocenters. The molecule has 1 aromatic carbocycles. The number of hydrogen-bond donors (Lipinski definition) is 0. The molecular formula is C33H41NO4. The van der Waals surface area contributed by atoms with Crippen molar-refractivity contribution in [3.05, 3.63) is 52.6 Å². The molecule has 4 aliphatic carbocycles. The molecule has 2 saturated carbocycles. The fourth-order valence-corrected chi connectivity index (χ4v) is 9.08. The molecule has 5 nitrogen and oxygen atoms in total. The van der Waals surface area contributed by atoms with E-state index in [4.69, 9.17) is 4.74 Å². The van der Waals surface area contributed by atoms with Crippen LogP contribution in [0.25, 0.3) is 0 Å². The monoisotopic (exact) mass is 515 g/mol. The number of esters is 1. The third-order valence-corrected chi connectivity index (χ3v) is 10.8. The average molecular weight is 516 g/mol. The van der Waals surface area contributed by atoms with Crippen LogP contribution in [-0.4, -0.2) is 36.2 Å². The van der Waals surface area contributed by atoms with Gasteiger partial charge in [0.1, 0.15) is 0 Å². The first-order valence-electron chi connectivity index (χ1n) is 14.8. The van der Waals surface area contributed by atoms with Crippen molar-refractivity contribution in [2.24, 2.45) is 17.3 Å². The van der Waals surface area contributed by atoms with Gasteiger partial charge in [0.25, 0.3) is 0 Å². The first-order valence-corrected chi connectivity index (χ1v) is 14.8. The fraction of sp³-hybridized carbons (Fsp3) is 0.606. The second-order valence-corrected chi connectivity index (χ2v) is 12.7. The van der Waals surface area contributed by atoms with Crippen molar-refractivity contribution in [3.63, 3.8) is 0 Å². The molecule has 5 aliphatic rings. The predicted molar refractivity (Wildman–Crippen MR) is 148 cm³/mol. The van der Waals surface area contributed by atoms with E-state index in [2.05, 4.69) is 36.1 Å². The molecule has 1 saturated heterocycles. The molecule has 1 heterocycles. The highest BCUT2D eigenvalue weighted by atomic mass is 16.6. The van der Waals surface area contributed by atoms with Gasteiger partial charge in [-0.3, -0.25) is 14.4 Å². The second kappa shape index (κ2) is 9.50. The van der Waals surface area contributed by atoms with Crippen molar-refractivity contribution in [1.29, 1.82) is 0 Å². The summed E-state index contributed by atoms with van der Waals surface area (Å²) in [7, 11) is 0. The largest absolute Gasteiger partial charge is 0.451 e. The number of rotatable bonds is 4. The first-order chi connectivity index (χ1) is 18.2. The van der Waals surface area contributed by atoms with Crippen LogP contribution < -0.4 is 4.90 Å². The molecule has 1 aromatic rings. The minimum Gasteiger partial charge on any atom is -0.451 e. The number of carbonyl (C=O) groups excluding carboxylic acids is 3. The van der Waals surface area contributed by atoms with Crippen LogP contribution in [0.5, 0.6) is 0 Å². The maximum absolute atomic E-state index is 13.3. The van der Waals surface area contributed by atoms with Gasteiger partial charge in [0.15, 0.2) is 17.2 Å². The van der Waals surface area contributed by atoms with Crippen LogP contribution in [0.15, 0.2) is 47.1 Å². The topological polar surface area (TPSA) is 63.7 Å². The van der Waals surface area contributed by atoms with Gasteiger partial charge in [0.05, 0.1) is 0 Å². The van der Waals surface area contributed by atoms with E-state index in [0.29, 0.717) is 18.8 Å². The molecule has 202 valence electrons. The zero-order chi connectivity index (χ0) is 26.7. The van der Waals surface area contributed by atoms with Crippen LogP contribution in [0.2, 0.25) is 0 Å². The molecule has 0 radical (unpaired) electrons. The van der Waals surface area contributed by atoms with Crippen molar-refractivity contribution >= 4 is 23.2 Å². The number of carbonyl (C=O) groups is 3. The minimum absolute atomic E-state index is 0.0207. The van der Waals surface area contributed by atoms with Crippen LogP contribution >= 0.6 is 0 Å². The Morgan fingerprint density at radius 1 is 0.974 bits per heavy atom. The number of ketones is 2. The zero-order valence-electron chi connectivity index (χ0n) is 23.2. The summed E-state index contributed by atoms with van der Waals surface area (Å²) in [4.78, 5) is 40.5. The average Bonchev–Trinajstić information content (AvgIpc) is 3.20. The molecule has 2 unspecified atom stereocenters. The van der Waals surface area contributed by atoms with Gasteiger partial charge in [0, 0.05) is 43.5 Å². The van der Waals surface area contributed by atoms with Crippen LogP contribution in [0.1, 0.15) is 96.5 Å². The van der Waals surface area contributed by atoms with Crippen molar-refractivity contribution in [1.82, 2.24) is 0 Å². The summed E-state index contributed by atoms with van der Waals surface area (Å²) in [5.41, 5.74) is 5.22. The van der Waals surface area contributed by atoms with Gasteiger partial charge >= 0.3 is 5.97 Å². The molecule has 5 heteroatoms. The Labute approximate surface area is 226 Å². The number of fused-ring (bicyclic) bond motifs is 4. The lowest BCUT2D eigenvalue weighted by molar-refractivity contribution is -0.182. The summed E-state index contributed by atoms with van der Waals surface area (Å²) in [6, 6.07) is 9.15. The van der Waals surface area contributed by atoms with Crippen molar-refractivity contribution < 1.29 is 19.1 Å². The number of Topliss-reactive ketones (excluding diaryl/α,β-unsaturated/α-hetero) is 1. The van der Waals surface area contributed by atoms with Crippen molar-refractivity contribution in [2.75, 3.05) is 18.0 Å². The Kier molecular flexibility index (Phi) is 6.39. The van der Waals surface area contributed by atoms with E-state index in [0.717, 1.165) is 45.2 Å². The fourth-order valence-electron chi connectivity index (χ4n) is 9.08. The normalized spacial score (nSPS) is 34.7. The lowest BCUT2D eigenvalue weighted by Crippen LogP contribution is -2.57. The van der Waals surface area contributed by atoms with Crippen LogP contribution in [0, 0.1) is 17.3 Å². The molecule has 0 N–H and O–H groups in total. The molecule has 3 fully saturated rings. The number of allylic oxidation sites excluding steroid dienone is 4. The van der Waals surface area contributed by atoms with E-state index in [1.807, 2.05) is 6.08 Å². The predicted octanol–water partition coefficient (Wildman–Crippen LogP) is 6.47. The van der Waals surface area contributed by atoms with Crippen LogP contribution in [0.4, 0.5) is 5.69 Å². The van der Waals surface area contributed by atoms with Gasteiger partial charge in [-0.2, -0.15) is 0 Å². The standard InChI is InChI=1S/C33H41NO4/c1-21(35)33(38-22(2)36)16-15-30-28-13-9-24-19-26(37)12-14-27(24)31(28)29(20-32(30,33)3)23-7-10-25(11-8-23)34-17-5-4-6-18-34/h7-8,10-11,19,28-30H,4-6,9,12-18,20H2,1-3H3/t28?,29-,30?,32+,33+/m1/s1. The number of piperidine rings is 1. The van der Waals surface area contributed by atoms with Gasteiger partial charge in [-0.1, -0.05) is 24.6 Å². The van der Waals surface area contributed by atoms with E-state index in [9.17, 15) is 14.4 Å². The number of hydrogen-bond acceptors (Lipinski definition) is 5. The Morgan fingerprint density at radius 3 is 2.39 bits per heavy atom. The molecule has 0 spiro atoms. The summed E-state index contributed by atoms with van der Waals surface area (Å²) in [5, 5.41) is 0. The number of ether oxygens (including phenoxy) is 1. The maximum Gasteiger partial charge on any atom is 0.303 e. The van der Waals surface area contributed by atoms with E-state index in [-0.39, 0.29) is 29.4 Å². The highest BCUT2D eigenvalue weighted by Gasteiger charge is 2.67. The third kappa shape index (κ3) is 3.91. The van der Waals surface area contributed by atoms with E-state index in [1.54, 1.807) is 6.92 Å². The van der Waals surface area contributed by atoms with E-state index >= 15 is 0 Å². The Morgan fingerprint density at radius 2 is 1.71 bits per heavy atom. The number of anilines is 1. The van der Waals surface area contributed by atoms with Crippen molar-refractivity contribution in [3.8, 4) is 0 Å². The molecular weight excluding hydrogens is 474 g/mol. The van der Waals surface area contributed by atoms with Gasteiger partial charge < -0.3 is 9.64 Å². The van der Waals surface area contributed by atoms with Gasteiger partial charge in [-0.15, -0.1) is 0 Å². The van der Waals surface area contributed by atoms with E-state index in [1.165, 1.54) is 54.2 Å². The van der Waals surface area contributed by atoms with Gasteiger partial charge in [-0.05, 0) is 111 Å². The van der Waals surface area contributed by atoms with Crippen molar-refractivity contribution in [2.45, 2.75) is 96.5 Å². The second-order valence-electron chi connectivity index (χ2n) is 12.7. The summed E-state index contributed by atoms with van der Waals surface area (Å²) < 4.78 is 6.05.